The van der Waals surface area contributed by atoms with Crippen LogP contribution in [-0.2, 0) is 20.5 Å². The number of ether oxygens (including phenoxy) is 2. The second-order valence-corrected chi connectivity index (χ2v) is 7.54. The minimum Gasteiger partial charge on any atom is -0.490 e. The van der Waals surface area contributed by atoms with E-state index in [0.717, 1.165) is 0 Å². The van der Waals surface area contributed by atoms with Gasteiger partial charge >= 0.3 is 0 Å². The molecule has 0 aromatic heterocycles. The number of rotatable bonds is 4. The molecular formula is C15H20N2O6S. The first kappa shape index (κ1) is 17.2. The Labute approximate surface area is 140 Å². The van der Waals surface area contributed by atoms with Crippen LogP contribution in [0.1, 0.15) is 24.5 Å². The Morgan fingerprint density at radius 3 is 2.71 bits per heavy atom. The van der Waals surface area contributed by atoms with Crippen molar-refractivity contribution >= 4 is 15.9 Å². The Bertz CT molecular complexity index is 763. The van der Waals surface area contributed by atoms with E-state index >= 15 is 0 Å². The van der Waals surface area contributed by atoms with Crippen LogP contribution in [0.3, 0.4) is 0 Å². The Balaban J connectivity index is 1.79. The first-order valence-electron chi connectivity index (χ1n) is 7.67. The molecule has 2 heterocycles. The Hall–Kier alpha value is -1.68. The number of nitrogens with zero attached hydrogens (tertiary/aromatic N) is 1. The van der Waals surface area contributed by atoms with Gasteiger partial charge in [-0.2, -0.15) is 0 Å². The van der Waals surface area contributed by atoms with E-state index in [2.05, 4.69) is 4.40 Å². The van der Waals surface area contributed by atoms with Crippen LogP contribution in [0.5, 0.6) is 5.75 Å². The quantitative estimate of drug-likeness (QED) is 0.663. The molecule has 4 atom stereocenters. The molecule has 0 radical (unpaired) electrons. The van der Waals surface area contributed by atoms with Crippen molar-refractivity contribution in [3.63, 3.8) is 0 Å². The molecule has 1 unspecified atom stereocenters. The van der Waals surface area contributed by atoms with Crippen molar-refractivity contribution in [2.75, 3.05) is 6.61 Å². The molecular weight excluding hydrogens is 336 g/mol. The van der Waals surface area contributed by atoms with Gasteiger partial charge in [0.2, 0.25) is 0 Å². The van der Waals surface area contributed by atoms with Gasteiger partial charge in [0.25, 0.3) is 10.0 Å². The molecule has 132 valence electrons. The predicted molar refractivity (Wildman–Crippen MR) is 86.3 cm³/mol. The fraction of sp³-hybridized carbons (Fsp3) is 0.533. The molecule has 0 spiro atoms. The van der Waals surface area contributed by atoms with Crippen molar-refractivity contribution in [2.24, 2.45) is 10.1 Å². The topological polar surface area (TPSA) is 131 Å². The zero-order valence-electron chi connectivity index (χ0n) is 13.1. The number of fused-ring (bicyclic) bond motifs is 1. The molecule has 24 heavy (non-hydrogen) atoms. The molecule has 0 saturated carbocycles. The molecule has 8 nitrogen and oxygen atoms in total. The van der Waals surface area contributed by atoms with Gasteiger partial charge in [-0.25, -0.2) is 8.42 Å². The average molecular weight is 356 g/mol. The standard InChI is InChI=1S/C15H20N2O6S/c1-2-9-13(18)14(19)11(23-9)6-22-10-5-3-4-8-7-24(20,21)17-15(16)12(8)10/h3-5,9,11,13-14,18-19H,2,6-7H2,1H3,(H2,16,17)/t9?,11-,13+,14-/m1/s1. The van der Waals surface area contributed by atoms with Gasteiger partial charge in [-0.3, -0.25) is 0 Å². The number of hydrogen-bond acceptors (Lipinski definition) is 7. The average Bonchev–Trinajstić information content (AvgIpc) is 2.78. The van der Waals surface area contributed by atoms with E-state index in [9.17, 15) is 18.6 Å². The summed E-state index contributed by atoms with van der Waals surface area (Å²) in [5.74, 6) is 0.0134. The lowest BCUT2D eigenvalue weighted by Crippen LogP contribution is -2.35. The zero-order valence-corrected chi connectivity index (χ0v) is 13.9. The zero-order chi connectivity index (χ0) is 17.5. The van der Waals surface area contributed by atoms with Gasteiger partial charge in [0.05, 0.1) is 17.4 Å². The molecule has 2 aliphatic rings. The Kier molecular flexibility index (Phi) is 4.52. The summed E-state index contributed by atoms with van der Waals surface area (Å²) in [6.45, 7) is 1.86. The molecule has 2 aliphatic heterocycles. The summed E-state index contributed by atoms with van der Waals surface area (Å²) < 4.78 is 38.1. The third-order valence-electron chi connectivity index (χ3n) is 4.21. The molecule has 3 rings (SSSR count). The molecule has 1 aromatic carbocycles. The monoisotopic (exact) mass is 356 g/mol. The molecule has 0 amide bonds. The number of amidine groups is 1. The van der Waals surface area contributed by atoms with Crippen molar-refractivity contribution in [3.8, 4) is 5.75 Å². The number of benzene rings is 1. The normalized spacial score (nSPS) is 31.4. The highest BCUT2D eigenvalue weighted by Crippen LogP contribution is 2.29. The molecule has 0 aliphatic carbocycles. The largest absolute Gasteiger partial charge is 0.490 e. The van der Waals surface area contributed by atoms with Crippen LogP contribution in [0.4, 0.5) is 0 Å². The molecule has 9 heteroatoms. The van der Waals surface area contributed by atoms with Crippen LogP contribution in [0.15, 0.2) is 22.6 Å². The minimum atomic E-state index is -3.61. The number of sulfonamides is 1. The minimum absolute atomic E-state index is 0.00517. The van der Waals surface area contributed by atoms with E-state index in [1.54, 1.807) is 18.2 Å². The van der Waals surface area contributed by atoms with E-state index in [-0.39, 0.29) is 18.2 Å². The van der Waals surface area contributed by atoms with Crippen LogP contribution in [0.25, 0.3) is 0 Å². The second-order valence-electron chi connectivity index (χ2n) is 5.91. The van der Waals surface area contributed by atoms with Crippen molar-refractivity contribution in [2.45, 2.75) is 43.5 Å². The maximum Gasteiger partial charge on any atom is 0.259 e. The van der Waals surface area contributed by atoms with Crippen LogP contribution < -0.4 is 10.5 Å². The maximum absolute atomic E-state index is 11.7. The van der Waals surface area contributed by atoms with Crippen LogP contribution in [0, 0.1) is 0 Å². The number of aliphatic hydroxyl groups is 2. The lowest BCUT2D eigenvalue weighted by molar-refractivity contribution is -0.0169. The first-order valence-corrected chi connectivity index (χ1v) is 9.28. The van der Waals surface area contributed by atoms with E-state index in [4.69, 9.17) is 15.2 Å². The van der Waals surface area contributed by atoms with Gasteiger partial charge in [0.1, 0.15) is 36.5 Å². The molecule has 1 saturated heterocycles. The highest BCUT2D eigenvalue weighted by Gasteiger charge is 2.42. The summed E-state index contributed by atoms with van der Waals surface area (Å²) in [7, 11) is -3.61. The van der Waals surface area contributed by atoms with Gasteiger partial charge in [-0.15, -0.1) is 4.40 Å². The predicted octanol–water partition coefficient (Wildman–Crippen LogP) is -0.487. The van der Waals surface area contributed by atoms with Crippen LogP contribution >= 0.6 is 0 Å². The lowest BCUT2D eigenvalue weighted by Gasteiger charge is -2.20. The number of hydrogen-bond donors (Lipinski definition) is 3. The van der Waals surface area contributed by atoms with Crippen molar-refractivity contribution in [3.05, 3.63) is 29.3 Å². The van der Waals surface area contributed by atoms with Crippen LogP contribution in [0.2, 0.25) is 0 Å². The summed E-state index contributed by atoms with van der Waals surface area (Å²) >= 11 is 0. The molecule has 1 aromatic rings. The maximum atomic E-state index is 11.7. The van der Waals surface area contributed by atoms with E-state index in [1.165, 1.54) is 0 Å². The summed E-state index contributed by atoms with van der Waals surface area (Å²) in [6, 6.07) is 4.96. The van der Waals surface area contributed by atoms with E-state index < -0.39 is 34.4 Å². The summed E-state index contributed by atoms with van der Waals surface area (Å²) in [5.41, 5.74) is 6.72. The summed E-state index contributed by atoms with van der Waals surface area (Å²) in [5, 5.41) is 19.9. The number of aliphatic hydroxyl groups excluding tert-OH is 2. The van der Waals surface area contributed by atoms with Crippen molar-refractivity contribution < 1.29 is 28.1 Å². The summed E-state index contributed by atoms with van der Waals surface area (Å²) in [6.07, 6.45) is -2.53. The third kappa shape index (κ3) is 3.12. The number of nitrogens with two attached hydrogens (primary N) is 1. The van der Waals surface area contributed by atoms with Gasteiger partial charge in [-0.05, 0) is 18.1 Å². The highest BCUT2D eigenvalue weighted by atomic mass is 32.2. The van der Waals surface area contributed by atoms with Gasteiger partial charge in [0.15, 0.2) is 0 Å². The van der Waals surface area contributed by atoms with Crippen molar-refractivity contribution in [1.82, 2.24) is 0 Å². The fourth-order valence-electron chi connectivity index (χ4n) is 3.00. The molecule has 1 fully saturated rings. The SMILES string of the molecule is CCC1O[C@H](COc2cccc3c2C(N)=NS(=O)(=O)C3)[C@@H](O)[C@H]1O. The first-order chi connectivity index (χ1) is 11.3. The van der Waals surface area contributed by atoms with Gasteiger partial charge < -0.3 is 25.4 Å². The third-order valence-corrected chi connectivity index (χ3v) is 5.36. The van der Waals surface area contributed by atoms with E-state index in [0.29, 0.717) is 23.3 Å². The smallest absolute Gasteiger partial charge is 0.259 e. The Morgan fingerprint density at radius 1 is 1.33 bits per heavy atom. The van der Waals surface area contributed by atoms with Gasteiger partial charge in [-0.1, -0.05) is 19.1 Å². The molecule has 4 N–H and O–H groups in total. The van der Waals surface area contributed by atoms with Gasteiger partial charge in [0, 0.05) is 0 Å². The lowest BCUT2D eigenvalue weighted by atomic mass is 10.1. The van der Waals surface area contributed by atoms with Crippen LogP contribution in [-0.4, -0.2) is 55.5 Å². The second kappa shape index (κ2) is 6.32. The van der Waals surface area contributed by atoms with E-state index in [1.807, 2.05) is 6.92 Å². The fourth-order valence-corrected chi connectivity index (χ4v) is 4.09. The highest BCUT2D eigenvalue weighted by molar-refractivity contribution is 7.89. The van der Waals surface area contributed by atoms with Crippen molar-refractivity contribution in [1.29, 1.82) is 0 Å². The Morgan fingerprint density at radius 2 is 2.04 bits per heavy atom. The molecule has 0 bridgehead atoms. The summed E-state index contributed by atoms with van der Waals surface area (Å²) in [4.78, 5) is 0.